The zero-order valence-electron chi connectivity index (χ0n) is 14.1. The van der Waals surface area contributed by atoms with Crippen LogP contribution in [0.5, 0.6) is 0 Å². The molecule has 0 saturated carbocycles. The highest BCUT2D eigenvalue weighted by molar-refractivity contribution is 7.18. The first-order valence-electron chi connectivity index (χ1n) is 7.65. The summed E-state index contributed by atoms with van der Waals surface area (Å²) in [6, 6.07) is 6.01. The van der Waals surface area contributed by atoms with E-state index in [1.54, 1.807) is 24.6 Å². The summed E-state index contributed by atoms with van der Waals surface area (Å²) in [6.07, 6.45) is 1.72. The molecule has 1 aromatic carbocycles. The molecule has 0 radical (unpaired) electrons. The Hall–Kier alpha value is -2.41. The van der Waals surface area contributed by atoms with Crippen LogP contribution in [0.1, 0.15) is 41.8 Å². The second kappa shape index (κ2) is 5.90. The lowest BCUT2D eigenvalue weighted by molar-refractivity contribution is 0.0688. The molecule has 0 bridgehead atoms. The minimum absolute atomic E-state index is 0.0311. The molecule has 0 aliphatic carbocycles. The van der Waals surface area contributed by atoms with Gasteiger partial charge in [0.25, 0.3) is 0 Å². The molecule has 24 heavy (non-hydrogen) atoms. The van der Waals surface area contributed by atoms with E-state index in [-0.39, 0.29) is 11.1 Å². The van der Waals surface area contributed by atoms with Crippen molar-refractivity contribution in [1.82, 2.24) is 14.8 Å². The smallest absolute Gasteiger partial charge is 0.356 e. The number of anilines is 1. The summed E-state index contributed by atoms with van der Waals surface area (Å²) in [5, 5.41) is 17.5. The molecule has 3 rings (SSSR count). The number of hydrogen-bond donors (Lipinski definition) is 2. The topological polar surface area (TPSA) is 80.0 Å². The van der Waals surface area contributed by atoms with Crippen LogP contribution in [0, 0.1) is 0 Å². The Morgan fingerprint density at radius 2 is 2.12 bits per heavy atom. The second-order valence-electron chi connectivity index (χ2n) is 6.79. The molecule has 126 valence electrons. The summed E-state index contributed by atoms with van der Waals surface area (Å²) in [5.74, 6) is -1.01. The molecule has 0 unspecified atom stereocenters. The molecular weight excluding hydrogens is 324 g/mol. The molecular formula is C17H20N4O2S. The van der Waals surface area contributed by atoms with Gasteiger partial charge in [0.15, 0.2) is 5.69 Å². The summed E-state index contributed by atoms with van der Waals surface area (Å²) in [5.41, 5.74) is 2.70. The molecule has 2 N–H and O–H groups in total. The number of carboxylic acids is 1. The van der Waals surface area contributed by atoms with Crippen LogP contribution in [0.4, 0.5) is 5.69 Å². The monoisotopic (exact) mass is 344 g/mol. The Labute approximate surface area is 144 Å². The number of aryl methyl sites for hydroxylation is 1. The average Bonchev–Trinajstić information content (AvgIpc) is 3.07. The van der Waals surface area contributed by atoms with E-state index in [4.69, 9.17) is 0 Å². The number of nitrogens with one attached hydrogen (secondary N) is 1. The number of carbonyl (C=O) groups is 1. The molecule has 0 spiro atoms. The molecule has 3 aromatic rings. The lowest BCUT2D eigenvalue weighted by Crippen LogP contribution is -2.09. The van der Waals surface area contributed by atoms with Crippen molar-refractivity contribution in [3.8, 4) is 0 Å². The Bertz CT molecular complexity index is 905. The van der Waals surface area contributed by atoms with Crippen LogP contribution in [-0.4, -0.2) is 25.8 Å². The van der Waals surface area contributed by atoms with Crippen LogP contribution in [-0.2, 0) is 19.0 Å². The lowest BCUT2D eigenvalue weighted by Gasteiger charge is -2.13. The van der Waals surface area contributed by atoms with Crippen molar-refractivity contribution in [1.29, 1.82) is 0 Å². The van der Waals surface area contributed by atoms with Gasteiger partial charge in [-0.05, 0) is 18.2 Å². The van der Waals surface area contributed by atoms with Gasteiger partial charge in [0.05, 0.1) is 15.2 Å². The Morgan fingerprint density at radius 3 is 2.79 bits per heavy atom. The van der Waals surface area contributed by atoms with Crippen molar-refractivity contribution in [2.24, 2.45) is 7.05 Å². The van der Waals surface area contributed by atoms with Gasteiger partial charge in [-0.3, -0.25) is 4.68 Å². The van der Waals surface area contributed by atoms with E-state index in [1.807, 2.05) is 12.1 Å². The predicted octanol–water partition coefficient (Wildman–Crippen LogP) is 3.64. The number of fused-ring (bicyclic) bond motifs is 1. The first kappa shape index (κ1) is 16.4. The molecule has 2 aromatic heterocycles. The molecule has 7 heteroatoms. The molecule has 0 amide bonds. The molecule has 0 fully saturated rings. The molecule has 6 nitrogen and oxygen atoms in total. The lowest BCUT2D eigenvalue weighted by atomic mass is 9.98. The first-order chi connectivity index (χ1) is 11.2. The fourth-order valence-corrected chi connectivity index (χ4v) is 3.46. The van der Waals surface area contributed by atoms with E-state index < -0.39 is 5.97 Å². The Balaban J connectivity index is 1.82. The number of hydrogen-bond acceptors (Lipinski definition) is 5. The second-order valence-corrected chi connectivity index (χ2v) is 7.82. The van der Waals surface area contributed by atoms with Crippen molar-refractivity contribution in [3.05, 3.63) is 40.7 Å². The summed E-state index contributed by atoms with van der Waals surface area (Å²) >= 11 is 1.69. The molecule has 2 heterocycles. The third-order valence-corrected chi connectivity index (χ3v) is 5.06. The van der Waals surface area contributed by atoms with Gasteiger partial charge in [-0.15, -0.1) is 11.3 Å². The van der Waals surface area contributed by atoms with E-state index in [1.165, 1.54) is 4.68 Å². The predicted molar refractivity (Wildman–Crippen MR) is 95.8 cm³/mol. The van der Waals surface area contributed by atoms with E-state index in [0.29, 0.717) is 12.1 Å². The zero-order valence-corrected chi connectivity index (χ0v) is 14.9. The van der Waals surface area contributed by atoms with Gasteiger partial charge in [0, 0.05) is 36.5 Å². The van der Waals surface area contributed by atoms with Gasteiger partial charge in [-0.25, -0.2) is 9.78 Å². The number of benzene rings is 1. The van der Waals surface area contributed by atoms with Crippen LogP contribution in [0.15, 0.2) is 24.4 Å². The summed E-state index contributed by atoms with van der Waals surface area (Å²) in [7, 11) is 1.72. The normalized spacial score (nSPS) is 11.8. The summed E-state index contributed by atoms with van der Waals surface area (Å²) in [6.45, 7) is 6.87. The molecule has 0 aliphatic heterocycles. The van der Waals surface area contributed by atoms with Gasteiger partial charge in [-0.2, -0.15) is 5.10 Å². The van der Waals surface area contributed by atoms with Gasteiger partial charge >= 0.3 is 5.97 Å². The van der Waals surface area contributed by atoms with Crippen LogP contribution in [0.2, 0.25) is 0 Å². The maximum atomic E-state index is 11.2. The minimum atomic E-state index is -1.01. The summed E-state index contributed by atoms with van der Waals surface area (Å²) in [4.78, 5) is 15.9. The highest BCUT2D eigenvalue weighted by atomic mass is 32.1. The fourth-order valence-electron chi connectivity index (χ4n) is 2.40. The quantitative estimate of drug-likeness (QED) is 0.755. The van der Waals surface area contributed by atoms with Gasteiger partial charge < -0.3 is 10.4 Å². The van der Waals surface area contributed by atoms with Crippen molar-refractivity contribution >= 4 is 33.2 Å². The van der Waals surface area contributed by atoms with E-state index >= 15 is 0 Å². The third-order valence-electron chi connectivity index (χ3n) is 3.62. The fraction of sp³-hybridized carbons (Fsp3) is 0.353. The van der Waals surface area contributed by atoms with Crippen molar-refractivity contribution < 1.29 is 9.90 Å². The van der Waals surface area contributed by atoms with Crippen LogP contribution >= 0.6 is 11.3 Å². The zero-order chi connectivity index (χ0) is 17.5. The van der Waals surface area contributed by atoms with Gasteiger partial charge in [0.1, 0.15) is 0 Å². The number of aromatic nitrogens is 3. The van der Waals surface area contributed by atoms with E-state index in [9.17, 15) is 9.90 Å². The molecule has 0 atom stereocenters. The first-order valence-corrected chi connectivity index (χ1v) is 8.46. The van der Waals surface area contributed by atoms with E-state index in [2.05, 4.69) is 42.2 Å². The van der Waals surface area contributed by atoms with Crippen LogP contribution in [0.25, 0.3) is 10.2 Å². The molecule has 0 aliphatic rings. The number of aromatic carboxylic acids is 1. The highest BCUT2D eigenvalue weighted by Gasteiger charge is 2.19. The SMILES string of the molecule is Cn1cc(CNc2ccc3nc(C(C)(C)C)sc3c2)c(C(=O)O)n1. The van der Waals surface area contributed by atoms with Crippen molar-refractivity contribution in [3.63, 3.8) is 0 Å². The number of carboxylic acid groups (broad SMARTS) is 1. The van der Waals surface area contributed by atoms with Crippen molar-refractivity contribution in [2.45, 2.75) is 32.7 Å². The number of thiazole rings is 1. The molecule has 0 saturated heterocycles. The van der Waals surface area contributed by atoms with Crippen molar-refractivity contribution in [2.75, 3.05) is 5.32 Å². The highest BCUT2D eigenvalue weighted by Crippen LogP contribution is 2.32. The number of rotatable bonds is 4. The Morgan fingerprint density at radius 1 is 1.38 bits per heavy atom. The maximum absolute atomic E-state index is 11.2. The summed E-state index contributed by atoms with van der Waals surface area (Å²) < 4.78 is 2.64. The maximum Gasteiger partial charge on any atom is 0.356 e. The van der Waals surface area contributed by atoms with Gasteiger partial charge in [0.2, 0.25) is 0 Å². The van der Waals surface area contributed by atoms with Crippen LogP contribution in [0.3, 0.4) is 0 Å². The average molecular weight is 344 g/mol. The van der Waals surface area contributed by atoms with Gasteiger partial charge in [-0.1, -0.05) is 20.8 Å². The van der Waals surface area contributed by atoms with Crippen LogP contribution < -0.4 is 5.32 Å². The number of nitrogens with zero attached hydrogens (tertiary/aromatic N) is 3. The minimum Gasteiger partial charge on any atom is -0.476 e. The standard InChI is InChI=1S/C17H20N4O2S/c1-17(2,3)16-19-12-6-5-11(7-13(12)24-16)18-8-10-9-21(4)20-14(10)15(22)23/h5-7,9,18H,8H2,1-4H3,(H,22,23). The van der Waals surface area contributed by atoms with E-state index in [0.717, 1.165) is 20.9 Å². The largest absolute Gasteiger partial charge is 0.476 e. The Kier molecular flexibility index (Phi) is 4.04. The third kappa shape index (κ3) is 3.26.